The number of imidazole rings is 1. The van der Waals surface area contributed by atoms with E-state index in [0.29, 0.717) is 15.9 Å². The Labute approximate surface area is 136 Å². The molecule has 0 aliphatic carbocycles. The highest BCUT2D eigenvalue weighted by molar-refractivity contribution is 6.42. The first-order chi connectivity index (χ1) is 10.1. The van der Waals surface area contributed by atoms with Crippen molar-refractivity contribution in [2.45, 2.75) is 5.38 Å². The number of H-pyrrole nitrogens is 1. The maximum absolute atomic E-state index is 8.80. The largest absolute Gasteiger partial charge is 0.338 e. The summed E-state index contributed by atoms with van der Waals surface area (Å²) in [7, 11) is 0. The van der Waals surface area contributed by atoms with Gasteiger partial charge in [-0.1, -0.05) is 47.5 Å². The number of nitriles is 1. The van der Waals surface area contributed by atoms with E-state index in [1.165, 1.54) is 0 Å². The molecule has 0 spiro atoms. The number of benzene rings is 2. The third-order valence-corrected chi connectivity index (χ3v) is 4.19. The van der Waals surface area contributed by atoms with Gasteiger partial charge in [-0.15, -0.1) is 11.6 Å². The first kappa shape index (κ1) is 14.2. The first-order valence-corrected chi connectivity index (χ1v) is 7.26. The summed E-state index contributed by atoms with van der Waals surface area (Å²) in [4.78, 5) is 7.67. The van der Waals surface area contributed by atoms with E-state index in [0.717, 1.165) is 22.2 Å². The van der Waals surface area contributed by atoms with Crippen molar-refractivity contribution in [2.24, 2.45) is 0 Å². The number of fused-ring (bicyclic) bond motifs is 1. The third-order valence-electron chi connectivity index (χ3n) is 3.11. The van der Waals surface area contributed by atoms with E-state index in [1.807, 2.05) is 30.3 Å². The van der Waals surface area contributed by atoms with Gasteiger partial charge in [0.05, 0.1) is 27.1 Å². The number of alkyl halides is 1. The van der Waals surface area contributed by atoms with Crippen LogP contribution >= 0.6 is 34.8 Å². The van der Waals surface area contributed by atoms with Gasteiger partial charge in [-0.2, -0.15) is 5.26 Å². The minimum absolute atomic E-state index is 0.469. The van der Waals surface area contributed by atoms with Gasteiger partial charge in [0.1, 0.15) is 11.2 Å². The summed E-state index contributed by atoms with van der Waals surface area (Å²) < 4.78 is 0. The maximum atomic E-state index is 8.80. The molecule has 0 aliphatic rings. The van der Waals surface area contributed by atoms with Crippen molar-refractivity contribution in [3.63, 3.8) is 0 Å². The van der Waals surface area contributed by atoms with Crippen LogP contribution in [0.5, 0.6) is 0 Å². The van der Waals surface area contributed by atoms with E-state index >= 15 is 0 Å². The smallest absolute Gasteiger partial charge is 0.145 e. The quantitative estimate of drug-likeness (QED) is 0.642. The lowest BCUT2D eigenvalue weighted by Gasteiger charge is -2.02. The highest BCUT2D eigenvalue weighted by Crippen LogP contribution is 2.29. The van der Waals surface area contributed by atoms with Crippen LogP contribution in [0.4, 0.5) is 0 Å². The van der Waals surface area contributed by atoms with E-state index in [9.17, 15) is 0 Å². The Morgan fingerprint density at radius 1 is 1.10 bits per heavy atom. The fourth-order valence-corrected chi connectivity index (χ4v) is 2.49. The summed E-state index contributed by atoms with van der Waals surface area (Å²) in [5, 5.41) is 9.10. The SMILES string of the molecule is N#CC(Cl)c1ccc(-c2nc3cc(Cl)c(Cl)cc3[nH]2)cc1. The second-order valence-electron chi connectivity index (χ2n) is 4.48. The molecule has 3 nitrogen and oxygen atoms in total. The minimum atomic E-state index is -0.646. The number of rotatable bonds is 2. The van der Waals surface area contributed by atoms with Crippen LogP contribution in [0.1, 0.15) is 10.9 Å². The zero-order chi connectivity index (χ0) is 15.0. The average Bonchev–Trinajstić information content (AvgIpc) is 2.90. The molecular weight excluding hydrogens is 329 g/mol. The minimum Gasteiger partial charge on any atom is -0.338 e. The van der Waals surface area contributed by atoms with Crippen LogP contribution in [-0.2, 0) is 0 Å². The van der Waals surface area contributed by atoms with Gasteiger partial charge in [-0.25, -0.2) is 4.98 Å². The summed E-state index contributed by atoms with van der Waals surface area (Å²) in [6.07, 6.45) is 0. The second kappa shape index (κ2) is 5.57. The fraction of sp³-hybridized carbons (Fsp3) is 0.0667. The van der Waals surface area contributed by atoms with Gasteiger partial charge in [0.15, 0.2) is 0 Å². The van der Waals surface area contributed by atoms with E-state index in [-0.39, 0.29) is 0 Å². The topological polar surface area (TPSA) is 52.5 Å². The van der Waals surface area contributed by atoms with E-state index < -0.39 is 5.38 Å². The summed E-state index contributed by atoms with van der Waals surface area (Å²) in [6, 6.07) is 12.8. The van der Waals surface area contributed by atoms with Gasteiger partial charge in [0, 0.05) is 5.56 Å². The highest BCUT2D eigenvalue weighted by atomic mass is 35.5. The van der Waals surface area contributed by atoms with Crippen molar-refractivity contribution in [1.29, 1.82) is 5.26 Å². The van der Waals surface area contributed by atoms with Gasteiger partial charge in [0.2, 0.25) is 0 Å². The fourth-order valence-electron chi connectivity index (χ4n) is 2.03. The van der Waals surface area contributed by atoms with Crippen molar-refractivity contribution in [2.75, 3.05) is 0 Å². The second-order valence-corrected chi connectivity index (χ2v) is 5.73. The first-order valence-electron chi connectivity index (χ1n) is 6.07. The van der Waals surface area contributed by atoms with Crippen molar-refractivity contribution < 1.29 is 0 Å². The molecular formula is C15H8Cl3N3. The summed E-state index contributed by atoms with van der Waals surface area (Å²) in [5.41, 5.74) is 3.21. The number of nitrogens with zero attached hydrogens (tertiary/aromatic N) is 2. The molecule has 3 aromatic rings. The van der Waals surface area contributed by atoms with Crippen LogP contribution in [0, 0.1) is 11.3 Å². The molecule has 0 radical (unpaired) electrons. The van der Waals surface area contributed by atoms with Gasteiger partial charge in [0.25, 0.3) is 0 Å². The number of hydrogen-bond acceptors (Lipinski definition) is 2. The lowest BCUT2D eigenvalue weighted by atomic mass is 10.1. The van der Waals surface area contributed by atoms with Crippen molar-refractivity contribution in [3.8, 4) is 17.5 Å². The lowest BCUT2D eigenvalue weighted by molar-refractivity contribution is 1.21. The Kier molecular flexibility index (Phi) is 3.77. The van der Waals surface area contributed by atoms with Crippen molar-refractivity contribution in [1.82, 2.24) is 9.97 Å². The highest BCUT2D eigenvalue weighted by Gasteiger charge is 2.10. The van der Waals surface area contributed by atoms with Crippen molar-refractivity contribution >= 4 is 45.8 Å². The summed E-state index contributed by atoms with van der Waals surface area (Å²) >= 11 is 17.8. The molecule has 0 amide bonds. The van der Waals surface area contributed by atoms with E-state index in [2.05, 4.69) is 9.97 Å². The van der Waals surface area contributed by atoms with Gasteiger partial charge in [-0.3, -0.25) is 0 Å². The number of aromatic nitrogens is 2. The molecule has 0 aliphatic heterocycles. The molecule has 0 fully saturated rings. The standard InChI is InChI=1S/C15H8Cl3N3/c16-10-5-13-14(6-11(10)17)21-15(20-13)9-3-1-8(2-4-9)12(18)7-19/h1-6,12H,(H,20,21). The number of hydrogen-bond donors (Lipinski definition) is 1. The Morgan fingerprint density at radius 3 is 2.43 bits per heavy atom. The molecule has 1 unspecified atom stereocenters. The molecule has 104 valence electrons. The van der Waals surface area contributed by atoms with Crippen LogP contribution < -0.4 is 0 Å². The molecule has 1 aromatic heterocycles. The number of halogens is 3. The zero-order valence-corrected chi connectivity index (χ0v) is 12.8. The third kappa shape index (κ3) is 2.71. The van der Waals surface area contributed by atoms with E-state index in [4.69, 9.17) is 40.1 Å². The van der Waals surface area contributed by atoms with Crippen LogP contribution in [0.25, 0.3) is 22.4 Å². The number of aromatic amines is 1. The normalized spacial score (nSPS) is 12.3. The monoisotopic (exact) mass is 335 g/mol. The zero-order valence-electron chi connectivity index (χ0n) is 10.6. The molecule has 1 atom stereocenters. The Morgan fingerprint density at radius 2 is 1.76 bits per heavy atom. The molecule has 21 heavy (non-hydrogen) atoms. The van der Waals surface area contributed by atoms with Gasteiger partial charge < -0.3 is 4.98 Å². The lowest BCUT2D eigenvalue weighted by Crippen LogP contribution is -1.87. The van der Waals surface area contributed by atoms with Gasteiger partial charge >= 0.3 is 0 Å². The molecule has 0 saturated heterocycles. The van der Waals surface area contributed by atoms with Crippen LogP contribution in [-0.4, -0.2) is 9.97 Å². The Bertz CT molecular complexity index is 808. The summed E-state index contributed by atoms with van der Waals surface area (Å²) in [5.74, 6) is 0.706. The molecule has 1 N–H and O–H groups in total. The molecule has 3 rings (SSSR count). The maximum Gasteiger partial charge on any atom is 0.145 e. The molecule has 6 heteroatoms. The van der Waals surface area contributed by atoms with E-state index in [1.54, 1.807) is 12.1 Å². The predicted molar refractivity (Wildman–Crippen MR) is 85.8 cm³/mol. The molecule has 0 saturated carbocycles. The Hall–Kier alpha value is -1.73. The van der Waals surface area contributed by atoms with Crippen LogP contribution in [0.2, 0.25) is 10.0 Å². The van der Waals surface area contributed by atoms with Crippen molar-refractivity contribution in [3.05, 3.63) is 52.0 Å². The molecule has 2 aromatic carbocycles. The Balaban J connectivity index is 2.02. The average molecular weight is 337 g/mol. The molecule has 0 bridgehead atoms. The predicted octanol–water partition coefficient (Wildman–Crippen LogP) is 5.34. The van der Waals surface area contributed by atoms with Crippen LogP contribution in [0.3, 0.4) is 0 Å². The molecule has 1 heterocycles. The number of nitrogens with one attached hydrogen (secondary N) is 1. The van der Waals surface area contributed by atoms with Gasteiger partial charge in [-0.05, 0) is 17.7 Å². The summed E-state index contributed by atoms with van der Waals surface area (Å²) in [6.45, 7) is 0. The van der Waals surface area contributed by atoms with Crippen LogP contribution in [0.15, 0.2) is 36.4 Å².